The van der Waals surface area contributed by atoms with Crippen molar-refractivity contribution in [2.75, 3.05) is 6.61 Å². The van der Waals surface area contributed by atoms with Crippen LogP contribution in [0, 0.1) is 0 Å². The lowest BCUT2D eigenvalue weighted by Gasteiger charge is -2.34. The number of nitrogens with zero attached hydrogens (tertiary/aromatic N) is 1. The third-order valence-electron chi connectivity index (χ3n) is 5.41. The summed E-state index contributed by atoms with van der Waals surface area (Å²) in [5.41, 5.74) is 3.11. The number of amides is 1. The molecule has 1 amide bonds. The van der Waals surface area contributed by atoms with Gasteiger partial charge in [0.05, 0.1) is 12.6 Å². The topological polar surface area (TPSA) is 29.5 Å². The Labute approximate surface area is 152 Å². The first-order valence-corrected chi connectivity index (χ1v) is 8.97. The van der Waals surface area contributed by atoms with Gasteiger partial charge in [-0.05, 0) is 18.1 Å². The highest BCUT2D eigenvalue weighted by Crippen LogP contribution is 2.50. The van der Waals surface area contributed by atoms with Crippen molar-refractivity contribution in [3.8, 4) is 0 Å². The molecule has 1 fully saturated rings. The molecule has 26 heavy (non-hydrogen) atoms. The summed E-state index contributed by atoms with van der Waals surface area (Å²) in [4.78, 5) is 15.3. The third-order valence-corrected chi connectivity index (χ3v) is 5.41. The van der Waals surface area contributed by atoms with E-state index in [0.717, 1.165) is 23.1 Å². The van der Waals surface area contributed by atoms with Gasteiger partial charge < -0.3 is 4.74 Å². The zero-order valence-electron chi connectivity index (χ0n) is 14.3. The van der Waals surface area contributed by atoms with E-state index in [-0.39, 0.29) is 11.9 Å². The standard InChI is InChI=1S/C23H19NO2/c25-22-20-13-7-8-14-21(20)23(18-11-5-2-6-12-18)24(22)19(16-26-23)15-17-9-3-1-4-10-17/h1-14,19H,15-16H2/t19-,23+/m1/s1. The van der Waals surface area contributed by atoms with Gasteiger partial charge in [0.2, 0.25) is 0 Å². The van der Waals surface area contributed by atoms with Gasteiger partial charge in [0.25, 0.3) is 5.91 Å². The molecule has 5 rings (SSSR count). The summed E-state index contributed by atoms with van der Waals surface area (Å²) >= 11 is 0. The number of hydrogen-bond acceptors (Lipinski definition) is 2. The first kappa shape index (κ1) is 15.4. The highest BCUT2D eigenvalue weighted by atomic mass is 16.5. The molecule has 3 heteroatoms. The van der Waals surface area contributed by atoms with Gasteiger partial charge in [-0.15, -0.1) is 0 Å². The van der Waals surface area contributed by atoms with Gasteiger partial charge in [0.1, 0.15) is 0 Å². The van der Waals surface area contributed by atoms with Gasteiger partial charge in [-0.2, -0.15) is 0 Å². The molecule has 3 nitrogen and oxygen atoms in total. The van der Waals surface area contributed by atoms with E-state index < -0.39 is 5.72 Å². The molecule has 1 saturated heterocycles. The number of hydrogen-bond donors (Lipinski definition) is 0. The molecule has 3 aromatic carbocycles. The van der Waals surface area contributed by atoms with Gasteiger partial charge in [-0.25, -0.2) is 0 Å². The maximum atomic E-state index is 13.3. The van der Waals surface area contributed by atoms with Crippen LogP contribution in [0.3, 0.4) is 0 Å². The number of fused-ring (bicyclic) bond motifs is 3. The fraction of sp³-hybridized carbons (Fsp3) is 0.174. The zero-order valence-corrected chi connectivity index (χ0v) is 14.3. The van der Waals surface area contributed by atoms with Gasteiger partial charge in [-0.3, -0.25) is 9.69 Å². The summed E-state index contributed by atoms with van der Waals surface area (Å²) in [5.74, 6) is 0.0582. The lowest BCUT2D eigenvalue weighted by molar-refractivity contribution is -0.0323. The summed E-state index contributed by atoms with van der Waals surface area (Å²) in [6, 6.07) is 28.2. The smallest absolute Gasteiger partial charge is 0.257 e. The van der Waals surface area contributed by atoms with E-state index in [4.69, 9.17) is 4.74 Å². The van der Waals surface area contributed by atoms with Crippen molar-refractivity contribution in [1.82, 2.24) is 4.90 Å². The molecular weight excluding hydrogens is 322 g/mol. The van der Waals surface area contributed by atoms with Crippen LogP contribution in [0.2, 0.25) is 0 Å². The van der Waals surface area contributed by atoms with E-state index in [0.29, 0.717) is 6.61 Å². The van der Waals surface area contributed by atoms with E-state index in [1.54, 1.807) is 0 Å². The molecule has 2 aliphatic rings. The van der Waals surface area contributed by atoms with Gasteiger partial charge in [-0.1, -0.05) is 78.9 Å². The van der Waals surface area contributed by atoms with Crippen LogP contribution in [-0.2, 0) is 16.9 Å². The van der Waals surface area contributed by atoms with Crippen molar-refractivity contribution >= 4 is 5.91 Å². The first-order chi connectivity index (χ1) is 12.8. The second-order valence-corrected chi connectivity index (χ2v) is 6.89. The van der Waals surface area contributed by atoms with Crippen LogP contribution in [0.1, 0.15) is 27.0 Å². The largest absolute Gasteiger partial charge is 0.345 e. The Balaban J connectivity index is 1.64. The number of carbonyl (C=O) groups excluding carboxylic acids is 1. The quantitative estimate of drug-likeness (QED) is 0.721. The molecule has 2 atom stereocenters. The molecule has 3 aromatic rings. The van der Waals surface area contributed by atoms with Crippen molar-refractivity contribution in [1.29, 1.82) is 0 Å². The molecule has 0 unspecified atom stereocenters. The average molecular weight is 341 g/mol. The van der Waals surface area contributed by atoms with Crippen molar-refractivity contribution in [3.63, 3.8) is 0 Å². The molecule has 2 heterocycles. The normalized spacial score (nSPS) is 23.8. The lowest BCUT2D eigenvalue weighted by Crippen LogP contribution is -2.45. The number of carbonyl (C=O) groups is 1. The summed E-state index contributed by atoms with van der Waals surface area (Å²) in [7, 11) is 0. The predicted octanol–water partition coefficient (Wildman–Crippen LogP) is 3.99. The van der Waals surface area contributed by atoms with E-state index >= 15 is 0 Å². The first-order valence-electron chi connectivity index (χ1n) is 8.97. The van der Waals surface area contributed by atoms with Crippen LogP contribution in [0.25, 0.3) is 0 Å². The Hall–Kier alpha value is -2.91. The number of benzene rings is 3. The van der Waals surface area contributed by atoms with E-state index in [2.05, 4.69) is 12.1 Å². The molecule has 128 valence electrons. The highest BCUT2D eigenvalue weighted by molar-refractivity contribution is 6.01. The molecule has 0 bridgehead atoms. The van der Waals surface area contributed by atoms with E-state index in [1.165, 1.54) is 5.56 Å². The van der Waals surface area contributed by atoms with Crippen LogP contribution in [0.5, 0.6) is 0 Å². The van der Waals surface area contributed by atoms with Crippen molar-refractivity contribution < 1.29 is 9.53 Å². The summed E-state index contributed by atoms with van der Waals surface area (Å²) in [6.07, 6.45) is 0.787. The monoisotopic (exact) mass is 341 g/mol. The van der Waals surface area contributed by atoms with E-state index in [9.17, 15) is 4.79 Å². The van der Waals surface area contributed by atoms with Crippen molar-refractivity contribution in [2.45, 2.75) is 18.2 Å². The molecular formula is C23H19NO2. The summed E-state index contributed by atoms with van der Waals surface area (Å²) < 4.78 is 6.44. The number of rotatable bonds is 3. The van der Waals surface area contributed by atoms with E-state index in [1.807, 2.05) is 77.7 Å². The lowest BCUT2D eigenvalue weighted by atomic mass is 9.93. The second kappa shape index (κ2) is 5.82. The minimum absolute atomic E-state index is 0.0116. The fourth-order valence-electron chi connectivity index (χ4n) is 4.31. The number of ether oxygens (including phenoxy) is 1. The molecule has 2 aliphatic heterocycles. The maximum Gasteiger partial charge on any atom is 0.257 e. The second-order valence-electron chi connectivity index (χ2n) is 6.89. The molecule has 0 N–H and O–H groups in total. The summed E-state index contributed by atoms with van der Waals surface area (Å²) in [5, 5.41) is 0. The highest BCUT2D eigenvalue weighted by Gasteiger charge is 2.58. The molecule has 0 radical (unpaired) electrons. The Kier molecular flexibility index (Phi) is 3.44. The van der Waals surface area contributed by atoms with Gasteiger partial charge >= 0.3 is 0 Å². The Bertz CT molecular complexity index is 954. The van der Waals surface area contributed by atoms with Crippen molar-refractivity contribution in [3.05, 3.63) is 107 Å². The van der Waals surface area contributed by atoms with Crippen LogP contribution in [-0.4, -0.2) is 23.5 Å². The Morgan fingerprint density at radius 3 is 2.31 bits per heavy atom. The molecule has 0 aliphatic carbocycles. The average Bonchev–Trinajstić information content (AvgIpc) is 3.20. The molecule has 0 saturated carbocycles. The van der Waals surface area contributed by atoms with Crippen LogP contribution in [0.15, 0.2) is 84.9 Å². The van der Waals surface area contributed by atoms with Gasteiger partial charge in [0, 0.05) is 16.7 Å². The van der Waals surface area contributed by atoms with Crippen LogP contribution in [0.4, 0.5) is 0 Å². The maximum absolute atomic E-state index is 13.3. The summed E-state index contributed by atoms with van der Waals surface area (Å²) in [6.45, 7) is 0.532. The Morgan fingerprint density at radius 2 is 1.54 bits per heavy atom. The van der Waals surface area contributed by atoms with Crippen LogP contribution >= 0.6 is 0 Å². The van der Waals surface area contributed by atoms with Crippen molar-refractivity contribution in [2.24, 2.45) is 0 Å². The van der Waals surface area contributed by atoms with Crippen LogP contribution < -0.4 is 0 Å². The molecule has 0 aromatic heterocycles. The zero-order chi connectivity index (χ0) is 17.6. The van der Waals surface area contributed by atoms with Gasteiger partial charge in [0.15, 0.2) is 5.72 Å². The predicted molar refractivity (Wildman–Crippen MR) is 99.7 cm³/mol. The Morgan fingerprint density at radius 1 is 0.885 bits per heavy atom. The minimum Gasteiger partial charge on any atom is -0.345 e. The fourth-order valence-corrected chi connectivity index (χ4v) is 4.31. The SMILES string of the molecule is O=C1c2ccccc2[C@]2(c3ccccc3)OC[C@@H](Cc3ccccc3)N12. The molecule has 0 spiro atoms. The minimum atomic E-state index is -0.811. The third kappa shape index (κ3) is 2.07.